The Morgan fingerprint density at radius 3 is 1.25 bits per heavy atom. The average molecular weight is 328 g/mol. The Bertz CT molecular complexity index is 13.5. The third-order valence-corrected chi connectivity index (χ3v) is 0. The molecule has 0 aromatic heterocycles. The molecule has 0 amide bonds. The van der Waals surface area contributed by atoms with Crippen molar-refractivity contribution in [2.45, 2.75) is 0 Å². The van der Waals surface area contributed by atoms with E-state index < -0.39 is 0 Å². The molecule has 0 aliphatic carbocycles. The molecule has 0 heterocycles. The van der Waals surface area contributed by atoms with Crippen molar-refractivity contribution in [3.05, 3.63) is 0 Å². The molecule has 0 rings (SSSR count). The predicted octanol–water partition coefficient (Wildman–Crippen LogP) is -0.983. The van der Waals surface area contributed by atoms with Crippen molar-refractivity contribution in [3.63, 3.8) is 0 Å². The second kappa shape index (κ2) is 16.3. The van der Waals surface area contributed by atoms with Gasteiger partial charge >= 0.3 is 45.5 Å². The first-order valence-corrected chi connectivity index (χ1v) is 0. The van der Waals surface area contributed by atoms with Gasteiger partial charge in [-0.05, 0) is 0 Å². The second-order valence-corrected chi connectivity index (χ2v) is 0. The first-order valence-electron chi connectivity index (χ1n) is 0. The van der Waals surface area contributed by atoms with Crippen molar-refractivity contribution in [1.29, 1.82) is 0 Å². The SMILES string of the molecule is O.[H-].[H-].[Ho].[Mn].[Sr+2]. The summed E-state index contributed by atoms with van der Waals surface area (Å²) < 4.78 is 0. The summed E-state index contributed by atoms with van der Waals surface area (Å²) in [6.45, 7) is 0. The molecule has 0 bridgehead atoms. The molecule has 4 heavy (non-hydrogen) atoms. The molecule has 0 atom stereocenters. The Morgan fingerprint density at radius 2 is 1.25 bits per heavy atom. The molecule has 4 heteroatoms. The van der Waals surface area contributed by atoms with E-state index in [2.05, 4.69) is 0 Å². The average Bonchev–Trinajstić information content (AvgIpc) is 0. The van der Waals surface area contributed by atoms with Gasteiger partial charge in [-0.3, -0.25) is 0 Å². The standard InChI is InChI=1S/Ho.Mn.H2O.Sr.2H/h;;1H2;;;/q;;;+2;2*-1. The Labute approximate surface area is 106 Å². The van der Waals surface area contributed by atoms with Gasteiger partial charge in [0, 0.05) is 54.8 Å². The van der Waals surface area contributed by atoms with Gasteiger partial charge in [0.25, 0.3) is 0 Å². The summed E-state index contributed by atoms with van der Waals surface area (Å²) in [5.41, 5.74) is 0. The summed E-state index contributed by atoms with van der Waals surface area (Å²) in [5.74, 6) is 0. The van der Waals surface area contributed by atoms with Gasteiger partial charge in [0.1, 0.15) is 0 Å². The zero-order valence-electron chi connectivity index (χ0n) is 3.89. The molecule has 2 N–H and O–H groups in total. The van der Waals surface area contributed by atoms with Crippen LogP contribution in [0.15, 0.2) is 0 Å². The van der Waals surface area contributed by atoms with Gasteiger partial charge in [0.15, 0.2) is 0 Å². The molecule has 0 saturated carbocycles. The van der Waals surface area contributed by atoms with Crippen molar-refractivity contribution in [2.75, 3.05) is 0 Å². The zero-order chi connectivity index (χ0) is 0. The summed E-state index contributed by atoms with van der Waals surface area (Å²) in [6, 6.07) is 0. The molecule has 0 aliphatic heterocycles. The number of hydrogen-bond donors (Lipinski definition) is 0. The summed E-state index contributed by atoms with van der Waals surface area (Å²) in [4.78, 5) is 0. The Kier molecular flexibility index (Phi) is 110. The van der Waals surface area contributed by atoms with Gasteiger partial charge in [-0.25, -0.2) is 0 Å². The third kappa shape index (κ3) is 8.97. The van der Waals surface area contributed by atoms with Crippen LogP contribution in [0.4, 0.5) is 0 Å². The normalized spacial score (nSPS) is 0. The topological polar surface area (TPSA) is 31.5 Å². The quantitative estimate of drug-likeness (QED) is 0.512. The fourth-order valence-electron chi connectivity index (χ4n) is 0. The van der Waals surface area contributed by atoms with E-state index in [0.29, 0.717) is 0 Å². The van der Waals surface area contributed by atoms with Crippen LogP contribution in [0.25, 0.3) is 0 Å². The van der Waals surface area contributed by atoms with Gasteiger partial charge in [-0.1, -0.05) is 0 Å². The summed E-state index contributed by atoms with van der Waals surface area (Å²) in [7, 11) is 0. The van der Waals surface area contributed by atoms with Gasteiger partial charge in [0.05, 0.1) is 0 Å². The van der Waals surface area contributed by atoms with Gasteiger partial charge in [0.2, 0.25) is 0 Å². The van der Waals surface area contributed by atoms with Crippen molar-refractivity contribution in [3.8, 4) is 0 Å². The third-order valence-electron chi connectivity index (χ3n) is 0. The molecular formula is H4HoMnOSr. The first-order chi connectivity index (χ1) is 0. The van der Waals surface area contributed by atoms with Crippen molar-refractivity contribution >= 4 is 45.5 Å². The van der Waals surface area contributed by atoms with Gasteiger partial charge < -0.3 is 8.33 Å². The number of hydrogen-bond acceptors (Lipinski definition) is 0. The fraction of sp³-hybridized carbons (Fsp3) is 0. The molecule has 2 radical (unpaired) electrons. The fourth-order valence-corrected chi connectivity index (χ4v) is 0. The monoisotopic (exact) mass is 328 g/mol. The summed E-state index contributed by atoms with van der Waals surface area (Å²) >= 11 is 0. The molecule has 0 aromatic carbocycles. The van der Waals surface area contributed by atoms with Crippen LogP contribution in [-0.2, 0) is 17.1 Å². The van der Waals surface area contributed by atoms with E-state index in [1.807, 2.05) is 0 Å². The minimum Gasteiger partial charge on any atom is -1.00 e. The zero-order valence-corrected chi connectivity index (χ0v) is 8.48. The number of rotatable bonds is 0. The van der Waals surface area contributed by atoms with Crippen LogP contribution in [0.1, 0.15) is 2.85 Å². The molecule has 0 aromatic rings. The maximum atomic E-state index is 0. The minimum atomic E-state index is 0. The second-order valence-electron chi connectivity index (χ2n) is 0. The van der Waals surface area contributed by atoms with Gasteiger partial charge in [-0.15, -0.1) is 0 Å². The Morgan fingerprint density at radius 1 is 1.25 bits per heavy atom. The first kappa shape index (κ1) is 26.9. The van der Waals surface area contributed by atoms with Crippen LogP contribution in [0.5, 0.6) is 0 Å². The van der Waals surface area contributed by atoms with E-state index >= 15 is 0 Å². The maximum absolute atomic E-state index is 0. The van der Waals surface area contributed by atoms with Crippen LogP contribution < -0.4 is 0 Å². The molecule has 0 fully saturated rings. The van der Waals surface area contributed by atoms with E-state index in [0.717, 1.165) is 0 Å². The molecule has 0 saturated heterocycles. The van der Waals surface area contributed by atoms with Crippen molar-refractivity contribution in [1.82, 2.24) is 0 Å². The van der Waals surface area contributed by atoms with Crippen LogP contribution in [0.2, 0.25) is 0 Å². The van der Waals surface area contributed by atoms with E-state index in [-0.39, 0.29) is 109 Å². The van der Waals surface area contributed by atoms with Crippen LogP contribution in [0.3, 0.4) is 0 Å². The van der Waals surface area contributed by atoms with Gasteiger partial charge in [-0.2, -0.15) is 0 Å². The van der Waals surface area contributed by atoms with Crippen molar-refractivity contribution < 1.29 is 63.1 Å². The molecule has 0 aliphatic rings. The summed E-state index contributed by atoms with van der Waals surface area (Å²) in [6.07, 6.45) is 0. The molecule has 30 valence electrons. The van der Waals surface area contributed by atoms with Crippen LogP contribution in [-0.4, -0.2) is 51.0 Å². The summed E-state index contributed by atoms with van der Waals surface area (Å²) in [5, 5.41) is 0. The maximum Gasteiger partial charge on any atom is 2.00 e. The van der Waals surface area contributed by atoms with Crippen LogP contribution in [0, 0.1) is 37.7 Å². The van der Waals surface area contributed by atoms with Crippen LogP contribution >= 0.6 is 0 Å². The smallest absolute Gasteiger partial charge is 1.00 e. The molecule has 1 nitrogen and oxygen atoms in total. The molecular weight excluding hydrogens is 323 g/mol. The Balaban J connectivity index is 0. The largest absolute Gasteiger partial charge is 2.00 e. The molecule has 0 spiro atoms. The minimum absolute atomic E-state index is 0. The molecule has 0 unspecified atom stereocenters. The Hall–Kier alpha value is 3.22. The van der Waals surface area contributed by atoms with E-state index in [9.17, 15) is 0 Å². The van der Waals surface area contributed by atoms with E-state index in [1.165, 1.54) is 0 Å². The van der Waals surface area contributed by atoms with E-state index in [1.54, 1.807) is 0 Å². The van der Waals surface area contributed by atoms with Crippen molar-refractivity contribution in [2.24, 2.45) is 0 Å². The predicted molar refractivity (Wildman–Crippen MR) is 11.6 cm³/mol. The van der Waals surface area contributed by atoms with E-state index in [4.69, 9.17) is 0 Å².